The van der Waals surface area contributed by atoms with E-state index in [0.29, 0.717) is 37.6 Å². The Balaban J connectivity index is 1.33. The molecule has 1 aliphatic heterocycles. The van der Waals surface area contributed by atoms with E-state index in [-0.39, 0.29) is 17.9 Å². The highest BCUT2D eigenvalue weighted by atomic mass is 16.5. The topological polar surface area (TPSA) is 100 Å². The highest BCUT2D eigenvalue weighted by molar-refractivity contribution is 5.89. The molecule has 29 heavy (non-hydrogen) atoms. The van der Waals surface area contributed by atoms with Crippen molar-refractivity contribution in [3.63, 3.8) is 0 Å². The molecule has 2 aliphatic rings. The van der Waals surface area contributed by atoms with Gasteiger partial charge in [0.2, 0.25) is 11.8 Å². The van der Waals surface area contributed by atoms with E-state index in [1.54, 1.807) is 11.8 Å². The van der Waals surface area contributed by atoms with Gasteiger partial charge < -0.3 is 20.1 Å². The largest absolute Gasteiger partial charge is 0.343 e. The fourth-order valence-corrected chi connectivity index (χ4v) is 4.28. The second-order valence-electron chi connectivity index (χ2n) is 7.97. The standard InChI is InChI=1S/C21H27N5O3/c1-15-22-19(25-29-15)21(11-5-6-12-21)24-18(27)16-9-13-26(14-10-16)20(28)23-17-7-3-2-4-8-17/h2-4,7-8,16H,5-6,9-14H2,1H3,(H,23,28)(H,24,27). The number of anilines is 1. The van der Waals surface area contributed by atoms with Gasteiger partial charge in [0.1, 0.15) is 5.54 Å². The zero-order valence-corrected chi connectivity index (χ0v) is 16.7. The predicted molar refractivity (Wildman–Crippen MR) is 107 cm³/mol. The highest BCUT2D eigenvalue weighted by Crippen LogP contribution is 2.38. The summed E-state index contributed by atoms with van der Waals surface area (Å²) in [6.07, 6.45) is 5.02. The van der Waals surface area contributed by atoms with Gasteiger partial charge >= 0.3 is 6.03 Å². The molecule has 4 rings (SSSR count). The number of benzene rings is 1. The second kappa shape index (κ2) is 8.23. The van der Waals surface area contributed by atoms with Crippen molar-refractivity contribution in [2.24, 2.45) is 5.92 Å². The second-order valence-corrected chi connectivity index (χ2v) is 7.97. The number of piperidine rings is 1. The Hall–Kier alpha value is -2.90. The normalized spacial score (nSPS) is 19.1. The molecular formula is C21H27N5O3. The molecule has 1 aliphatic carbocycles. The lowest BCUT2D eigenvalue weighted by molar-refractivity contribution is -0.128. The Kier molecular flexibility index (Phi) is 5.51. The summed E-state index contributed by atoms with van der Waals surface area (Å²) in [7, 11) is 0. The Morgan fingerprint density at radius 3 is 2.45 bits per heavy atom. The number of hydrogen-bond donors (Lipinski definition) is 2. The smallest absolute Gasteiger partial charge is 0.321 e. The van der Waals surface area contributed by atoms with Gasteiger partial charge in [0.05, 0.1) is 0 Å². The van der Waals surface area contributed by atoms with Crippen LogP contribution < -0.4 is 10.6 Å². The molecule has 0 radical (unpaired) electrons. The maximum absolute atomic E-state index is 13.0. The van der Waals surface area contributed by atoms with Gasteiger partial charge in [-0.1, -0.05) is 36.2 Å². The van der Waals surface area contributed by atoms with Crippen molar-refractivity contribution >= 4 is 17.6 Å². The number of carbonyl (C=O) groups is 2. The molecule has 154 valence electrons. The van der Waals surface area contributed by atoms with E-state index in [4.69, 9.17) is 4.52 Å². The summed E-state index contributed by atoms with van der Waals surface area (Å²) in [5.74, 6) is 1.01. The number of rotatable bonds is 4. The molecular weight excluding hydrogens is 370 g/mol. The number of urea groups is 1. The maximum Gasteiger partial charge on any atom is 0.321 e. The molecule has 2 fully saturated rings. The SMILES string of the molecule is Cc1nc(C2(NC(=O)C3CCN(C(=O)Nc4ccccc4)CC3)CCCC2)no1. The van der Waals surface area contributed by atoms with Crippen LogP contribution >= 0.6 is 0 Å². The van der Waals surface area contributed by atoms with Crippen LogP contribution in [0.15, 0.2) is 34.9 Å². The first-order valence-electron chi connectivity index (χ1n) is 10.3. The lowest BCUT2D eigenvalue weighted by Gasteiger charge is -2.34. The number of nitrogens with one attached hydrogen (secondary N) is 2. The zero-order chi connectivity index (χ0) is 20.3. The first kappa shape index (κ1) is 19.4. The van der Waals surface area contributed by atoms with Crippen LogP contribution in [0.4, 0.5) is 10.5 Å². The third kappa shape index (κ3) is 4.26. The molecule has 1 saturated heterocycles. The summed E-state index contributed by atoms with van der Waals surface area (Å²) in [4.78, 5) is 31.6. The highest BCUT2D eigenvalue weighted by Gasteiger charge is 2.42. The number of aromatic nitrogens is 2. The molecule has 2 N–H and O–H groups in total. The van der Waals surface area contributed by atoms with Crippen molar-refractivity contribution in [3.8, 4) is 0 Å². The lowest BCUT2D eigenvalue weighted by atomic mass is 9.91. The van der Waals surface area contributed by atoms with Crippen LogP contribution in [0, 0.1) is 12.8 Å². The van der Waals surface area contributed by atoms with Gasteiger partial charge in [-0.15, -0.1) is 0 Å². The Labute approximate surface area is 170 Å². The molecule has 2 aromatic rings. The number of hydrogen-bond acceptors (Lipinski definition) is 5. The molecule has 0 atom stereocenters. The van der Waals surface area contributed by atoms with Crippen LogP contribution in [-0.2, 0) is 10.3 Å². The fourth-order valence-electron chi connectivity index (χ4n) is 4.28. The monoisotopic (exact) mass is 397 g/mol. The van der Waals surface area contributed by atoms with Crippen molar-refractivity contribution in [2.75, 3.05) is 18.4 Å². The summed E-state index contributed by atoms with van der Waals surface area (Å²) in [5, 5.41) is 10.2. The van der Waals surface area contributed by atoms with Crippen LogP contribution in [0.2, 0.25) is 0 Å². The number of aryl methyl sites for hydroxylation is 1. The third-order valence-corrected chi connectivity index (χ3v) is 5.95. The molecule has 2 heterocycles. The van der Waals surface area contributed by atoms with Crippen molar-refractivity contribution in [3.05, 3.63) is 42.0 Å². The van der Waals surface area contributed by atoms with Gasteiger partial charge in [0, 0.05) is 31.6 Å². The molecule has 0 unspecified atom stereocenters. The van der Waals surface area contributed by atoms with E-state index in [1.807, 2.05) is 30.3 Å². The van der Waals surface area contributed by atoms with Gasteiger partial charge in [-0.25, -0.2) is 4.79 Å². The molecule has 1 aromatic heterocycles. The minimum absolute atomic E-state index is 0.0254. The van der Waals surface area contributed by atoms with Crippen LogP contribution in [0.5, 0.6) is 0 Å². The molecule has 8 nitrogen and oxygen atoms in total. The first-order chi connectivity index (χ1) is 14.1. The van der Waals surface area contributed by atoms with Crippen LogP contribution in [0.25, 0.3) is 0 Å². The average molecular weight is 397 g/mol. The molecule has 0 bridgehead atoms. The molecule has 1 saturated carbocycles. The van der Waals surface area contributed by atoms with Gasteiger partial charge in [0.15, 0.2) is 5.82 Å². The summed E-state index contributed by atoms with van der Waals surface area (Å²) < 4.78 is 5.15. The maximum atomic E-state index is 13.0. The van der Waals surface area contributed by atoms with Gasteiger partial charge in [0.25, 0.3) is 0 Å². The molecule has 8 heteroatoms. The third-order valence-electron chi connectivity index (χ3n) is 5.95. The number of amides is 3. The van der Waals surface area contributed by atoms with Crippen molar-refractivity contribution in [1.29, 1.82) is 0 Å². The quantitative estimate of drug-likeness (QED) is 0.825. The number of carbonyl (C=O) groups excluding carboxylic acids is 2. The zero-order valence-electron chi connectivity index (χ0n) is 16.7. The minimum Gasteiger partial charge on any atom is -0.343 e. The van der Waals surface area contributed by atoms with E-state index in [2.05, 4.69) is 20.8 Å². The lowest BCUT2D eigenvalue weighted by Crippen LogP contribution is -2.50. The minimum atomic E-state index is -0.517. The van der Waals surface area contributed by atoms with E-state index in [9.17, 15) is 9.59 Å². The van der Waals surface area contributed by atoms with Crippen LogP contribution in [0.1, 0.15) is 50.2 Å². The molecule has 0 spiro atoms. The fraction of sp³-hybridized carbons (Fsp3) is 0.524. The van der Waals surface area contributed by atoms with E-state index in [0.717, 1.165) is 31.4 Å². The van der Waals surface area contributed by atoms with E-state index < -0.39 is 5.54 Å². The molecule has 3 amide bonds. The van der Waals surface area contributed by atoms with Crippen molar-refractivity contribution in [1.82, 2.24) is 20.4 Å². The van der Waals surface area contributed by atoms with Gasteiger partial charge in [-0.2, -0.15) is 4.98 Å². The summed E-state index contributed by atoms with van der Waals surface area (Å²) in [6.45, 7) is 2.88. The number of nitrogens with zero attached hydrogens (tertiary/aromatic N) is 3. The van der Waals surface area contributed by atoms with Crippen molar-refractivity contribution in [2.45, 2.75) is 51.0 Å². The Morgan fingerprint density at radius 1 is 1.14 bits per heavy atom. The summed E-state index contributed by atoms with van der Waals surface area (Å²) >= 11 is 0. The average Bonchev–Trinajstić information content (AvgIpc) is 3.39. The summed E-state index contributed by atoms with van der Waals surface area (Å²) in [6, 6.07) is 9.28. The van der Waals surface area contributed by atoms with Crippen LogP contribution in [-0.4, -0.2) is 40.1 Å². The van der Waals surface area contributed by atoms with Crippen LogP contribution in [0.3, 0.4) is 0 Å². The Bertz CT molecular complexity index is 852. The van der Waals surface area contributed by atoms with Crippen molar-refractivity contribution < 1.29 is 14.1 Å². The number of likely N-dealkylation sites (tertiary alicyclic amines) is 1. The first-order valence-corrected chi connectivity index (χ1v) is 10.3. The summed E-state index contributed by atoms with van der Waals surface area (Å²) in [5.41, 5.74) is 0.257. The van der Waals surface area contributed by atoms with E-state index >= 15 is 0 Å². The Morgan fingerprint density at radius 2 is 1.83 bits per heavy atom. The predicted octanol–water partition coefficient (Wildman–Crippen LogP) is 3.21. The van der Waals surface area contributed by atoms with Gasteiger partial charge in [-0.05, 0) is 37.8 Å². The molecule has 1 aromatic carbocycles. The number of para-hydroxylation sites is 1. The van der Waals surface area contributed by atoms with E-state index in [1.165, 1.54) is 0 Å². The van der Waals surface area contributed by atoms with Gasteiger partial charge in [-0.3, -0.25) is 4.79 Å².